The van der Waals surface area contributed by atoms with E-state index in [0.29, 0.717) is 5.02 Å². The lowest BCUT2D eigenvalue weighted by molar-refractivity contribution is 0.166. The lowest BCUT2D eigenvalue weighted by Gasteiger charge is -2.16. The number of thiocarbonyl (C=S) groups is 1. The highest BCUT2D eigenvalue weighted by molar-refractivity contribution is 7.92. The van der Waals surface area contributed by atoms with E-state index in [1.807, 2.05) is 19.1 Å². The lowest BCUT2D eigenvalue weighted by atomic mass is 10.00. The van der Waals surface area contributed by atoms with Gasteiger partial charge in [-0.2, -0.15) is 0 Å². The molecule has 0 spiro atoms. The molecule has 0 saturated heterocycles. The minimum Gasteiger partial charge on any atom is -0.393 e. The van der Waals surface area contributed by atoms with Gasteiger partial charge in [-0.05, 0) is 36.8 Å². The number of benzene rings is 2. The Hall–Kier alpha value is -1.47. The zero-order chi connectivity index (χ0) is 19.1. The predicted molar refractivity (Wildman–Crippen MR) is 107 cm³/mol. The molecule has 2 N–H and O–H groups in total. The largest absolute Gasteiger partial charge is 0.393 e. The third-order valence-corrected chi connectivity index (χ3v) is 7.93. The molecule has 7 heteroatoms. The molecule has 0 heterocycles. The summed E-state index contributed by atoms with van der Waals surface area (Å²) in [6.07, 6.45) is 0. The second kappa shape index (κ2) is 6.93. The topological polar surface area (TPSA) is 69.4 Å². The molecule has 1 aliphatic carbocycles. The van der Waals surface area contributed by atoms with Gasteiger partial charge in [-0.15, -0.1) is 0 Å². The first kappa shape index (κ1) is 19.3. The van der Waals surface area contributed by atoms with Crippen LogP contribution in [0.5, 0.6) is 0 Å². The summed E-state index contributed by atoms with van der Waals surface area (Å²) in [6, 6.07) is 13.9. The Balaban J connectivity index is 2.11. The standard InChI is InChI=1S/C19H20ClNO3S2/c1-12-3-9-15(10-4-12)26(22,23)17-16(13-5-7-14(20)8-6-13)19(17,11-24-2)18(21)25/h3-10,16-17H,11H2,1-2H3,(H2,21,25)/t16-,17-,19+/m0/s1. The highest BCUT2D eigenvalue weighted by Crippen LogP contribution is 2.64. The lowest BCUT2D eigenvalue weighted by Crippen LogP contribution is -2.33. The van der Waals surface area contributed by atoms with Crippen LogP contribution in [0.15, 0.2) is 53.4 Å². The number of halogens is 1. The van der Waals surface area contributed by atoms with Gasteiger partial charge in [0.05, 0.1) is 27.2 Å². The van der Waals surface area contributed by atoms with Gasteiger partial charge in [-0.1, -0.05) is 53.6 Å². The van der Waals surface area contributed by atoms with Crippen molar-refractivity contribution < 1.29 is 13.2 Å². The first-order valence-electron chi connectivity index (χ1n) is 8.10. The summed E-state index contributed by atoms with van der Waals surface area (Å²) in [4.78, 5) is 0.418. The molecule has 1 saturated carbocycles. The third kappa shape index (κ3) is 3.05. The van der Waals surface area contributed by atoms with Crippen LogP contribution in [0.1, 0.15) is 17.0 Å². The van der Waals surface area contributed by atoms with Crippen LogP contribution in [-0.4, -0.2) is 32.4 Å². The number of hydrogen-bond donors (Lipinski definition) is 1. The van der Waals surface area contributed by atoms with Gasteiger partial charge in [-0.25, -0.2) is 8.42 Å². The first-order chi connectivity index (χ1) is 12.2. The fraction of sp³-hybridized carbons (Fsp3) is 0.316. The average Bonchev–Trinajstić information content (AvgIpc) is 3.27. The molecule has 0 radical (unpaired) electrons. The van der Waals surface area contributed by atoms with Crippen LogP contribution in [0.2, 0.25) is 5.02 Å². The fourth-order valence-corrected chi connectivity index (χ4v) is 6.55. The molecule has 138 valence electrons. The quantitative estimate of drug-likeness (QED) is 0.739. The SMILES string of the molecule is COC[C@@]1(C(N)=S)[C@@H](c2ccc(Cl)cc2)[C@@H]1S(=O)(=O)c1ccc(C)cc1. The molecule has 2 aromatic rings. The first-order valence-corrected chi connectivity index (χ1v) is 10.4. The van der Waals surface area contributed by atoms with E-state index in [-0.39, 0.29) is 22.4 Å². The summed E-state index contributed by atoms with van der Waals surface area (Å²) < 4.78 is 32.0. The van der Waals surface area contributed by atoms with Crippen LogP contribution in [0.25, 0.3) is 0 Å². The van der Waals surface area contributed by atoms with Crippen molar-refractivity contribution in [3.63, 3.8) is 0 Å². The summed E-state index contributed by atoms with van der Waals surface area (Å²) in [5, 5.41) is -0.184. The maximum absolute atomic E-state index is 13.4. The molecule has 1 aliphatic rings. The Kier molecular flexibility index (Phi) is 5.14. The number of ether oxygens (including phenoxy) is 1. The Morgan fingerprint density at radius 3 is 2.27 bits per heavy atom. The molecule has 0 bridgehead atoms. The smallest absolute Gasteiger partial charge is 0.182 e. The second-order valence-corrected chi connectivity index (χ2v) is 9.59. The van der Waals surface area contributed by atoms with Gasteiger partial charge in [0, 0.05) is 18.1 Å². The van der Waals surface area contributed by atoms with Crippen LogP contribution in [0.4, 0.5) is 0 Å². The number of rotatable bonds is 6. The van der Waals surface area contributed by atoms with E-state index in [4.69, 9.17) is 34.3 Å². The summed E-state index contributed by atoms with van der Waals surface area (Å²) >= 11 is 11.3. The molecule has 3 atom stereocenters. The molecule has 0 unspecified atom stereocenters. The Morgan fingerprint density at radius 1 is 1.19 bits per heavy atom. The Labute approximate surface area is 164 Å². The number of sulfone groups is 1. The Bertz CT molecular complexity index is 926. The monoisotopic (exact) mass is 409 g/mol. The zero-order valence-corrected chi connectivity index (χ0v) is 16.9. The van der Waals surface area contributed by atoms with Crippen LogP contribution in [0, 0.1) is 12.3 Å². The van der Waals surface area contributed by atoms with E-state index in [9.17, 15) is 8.42 Å². The van der Waals surface area contributed by atoms with Gasteiger partial charge < -0.3 is 10.5 Å². The van der Waals surface area contributed by atoms with Crippen LogP contribution in [0.3, 0.4) is 0 Å². The molecule has 0 aromatic heterocycles. The van der Waals surface area contributed by atoms with Crippen molar-refractivity contribution in [3.05, 3.63) is 64.7 Å². The molecule has 0 aliphatic heterocycles. The maximum atomic E-state index is 13.4. The van der Waals surface area contributed by atoms with E-state index in [1.54, 1.807) is 36.4 Å². The van der Waals surface area contributed by atoms with Gasteiger partial charge in [-0.3, -0.25) is 0 Å². The minimum atomic E-state index is -3.65. The Morgan fingerprint density at radius 2 is 1.77 bits per heavy atom. The van der Waals surface area contributed by atoms with Gasteiger partial charge in [0.2, 0.25) is 0 Å². The normalized spacial score (nSPS) is 25.0. The number of nitrogens with two attached hydrogens (primary N) is 1. The van der Waals surface area contributed by atoms with Gasteiger partial charge in [0.1, 0.15) is 0 Å². The molecule has 0 amide bonds. The van der Waals surface area contributed by atoms with Crippen molar-refractivity contribution in [2.24, 2.45) is 11.1 Å². The van der Waals surface area contributed by atoms with Crippen molar-refractivity contribution in [2.75, 3.05) is 13.7 Å². The van der Waals surface area contributed by atoms with Crippen molar-refractivity contribution in [1.29, 1.82) is 0 Å². The minimum absolute atomic E-state index is 0.144. The van der Waals surface area contributed by atoms with Crippen molar-refractivity contribution in [3.8, 4) is 0 Å². The van der Waals surface area contributed by atoms with E-state index >= 15 is 0 Å². The number of methoxy groups -OCH3 is 1. The van der Waals surface area contributed by atoms with Crippen molar-refractivity contribution in [2.45, 2.75) is 23.0 Å². The molecular formula is C19H20ClNO3S2. The van der Waals surface area contributed by atoms with Crippen LogP contribution < -0.4 is 5.73 Å². The van der Waals surface area contributed by atoms with Gasteiger partial charge in [0.15, 0.2) is 9.84 Å². The molecule has 4 nitrogen and oxygen atoms in total. The zero-order valence-electron chi connectivity index (χ0n) is 14.5. The third-order valence-electron chi connectivity index (χ3n) is 5.01. The average molecular weight is 410 g/mol. The highest BCUT2D eigenvalue weighted by Gasteiger charge is 2.73. The van der Waals surface area contributed by atoms with Crippen molar-refractivity contribution in [1.82, 2.24) is 0 Å². The molecule has 26 heavy (non-hydrogen) atoms. The van der Waals surface area contributed by atoms with E-state index < -0.39 is 20.5 Å². The molecule has 1 fully saturated rings. The number of aryl methyl sites for hydroxylation is 1. The van der Waals surface area contributed by atoms with E-state index in [0.717, 1.165) is 11.1 Å². The van der Waals surface area contributed by atoms with Crippen molar-refractivity contribution >= 4 is 38.6 Å². The second-order valence-electron chi connectivity index (χ2n) is 6.65. The summed E-state index contributed by atoms with van der Waals surface area (Å²) in [5.74, 6) is -0.372. The van der Waals surface area contributed by atoms with Crippen LogP contribution >= 0.6 is 23.8 Å². The maximum Gasteiger partial charge on any atom is 0.182 e. The summed E-state index contributed by atoms with van der Waals surface area (Å²) in [7, 11) is -2.12. The summed E-state index contributed by atoms with van der Waals surface area (Å²) in [6.45, 7) is 2.06. The van der Waals surface area contributed by atoms with Crippen LogP contribution in [-0.2, 0) is 14.6 Å². The highest BCUT2D eigenvalue weighted by atomic mass is 35.5. The predicted octanol–water partition coefficient (Wildman–Crippen LogP) is 3.51. The number of hydrogen-bond acceptors (Lipinski definition) is 4. The van der Waals surface area contributed by atoms with E-state index in [2.05, 4.69) is 0 Å². The molecule has 3 rings (SSSR count). The fourth-order valence-electron chi connectivity index (χ4n) is 3.65. The van der Waals surface area contributed by atoms with E-state index in [1.165, 1.54) is 7.11 Å². The molecule has 2 aromatic carbocycles. The van der Waals surface area contributed by atoms with Gasteiger partial charge >= 0.3 is 0 Å². The van der Waals surface area contributed by atoms with Gasteiger partial charge in [0.25, 0.3) is 0 Å². The molecular weight excluding hydrogens is 390 g/mol. The summed E-state index contributed by atoms with van der Waals surface area (Å²) in [5.41, 5.74) is 6.92.